The first kappa shape index (κ1) is 20.8. The maximum absolute atomic E-state index is 13.1. The van der Waals surface area contributed by atoms with Crippen LogP contribution < -0.4 is 0 Å². The first-order valence-corrected chi connectivity index (χ1v) is 11.7. The molecule has 0 spiro atoms. The molecule has 0 bridgehead atoms. The Labute approximate surface area is 181 Å². The second kappa shape index (κ2) is 9.56. The van der Waals surface area contributed by atoms with Gasteiger partial charge in [0.2, 0.25) is 17.7 Å². The van der Waals surface area contributed by atoms with Crippen LogP contribution in [0.5, 0.6) is 0 Å². The van der Waals surface area contributed by atoms with Gasteiger partial charge in [-0.2, -0.15) is 0 Å². The Hall–Kier alpha value is -2.47. The smallest absolute Gasteiger partial charge is 0.233 e. The molecule has 6 heteroatoms. The van der Waals surface area contributed by atoms with Gasteiger partial charge in [0.15, 0.2) is 0 Å². The number of carbonyl (C=O) groups excluding carboxylic acids is 3. The molecule has 2 fully saturated rings. The van der Waals surface area contributed by atoms with Gasteiger partial charge in [-0.3, -0.25) is 19.3 Å². The van der Waals surface area contributed by atoms with Crippen LogP contribution in [0, 0.1) is 11.8 Å². The Bertz CT molecular complexity index is 857. The number of carbonyl (C=O) groups is 3. The number of hydrogen-bond acceptors (Lipinski definition) is 4. The van der Waals surface area contributed by atoms with Crippen LogP contribution in [-0.2, 0) is 27.3 Å². The molecule has 0 N–H and O–H groups in total. The van der Waals surface area contributed by atoms with Crippen LogP contribution in [0.4, 0.5) is 0 Å². The van der Waals surface area contributed by atoms with Gasteiger partial charge in [0.25, 0.3) is 0 Å². The number of likely N-dealkylation sites (tertiary alicyclic amines) is 1. The van der Waals surface area contributed by atoms with Gasteiger partial charge < -0.3 is 4.90 Å². The molecule has 2 unspecified atom stereocenters. The zero-order valence-corrected chi connectivity index (χ0v) is 18.0. The topological polar surface area (TPSA) is 57.7 Å². The minimum Gasteiger partial charge on any atom is -0.337 e. The monoisotopic (exact) mass is 424 g/mol. The molecule has 1 aliphatic carbocycles. The van der Waals surface area contributed by atoms with E-state index in [1.807, 2.05) is 40.6 Å². The number of nitrogens with zero attached hydrogens (tertiary/aromatic N) is 2. The Kier molecular flexibility index (Phi) is 6.62. The zero-order chi connectivity index (χ0) is 20.9. The van der Waals surface area contributed by atoms with Crippen LogP contribution in [0.2, 0.25) is 0 Å². The molecule has 1 saturated carbocycles. The van der Waals surface area contributed by atoms with E-state index in [4.69, 9.17) is 0 Å². The van der Waals surface area contributed by atoms with Crippen molar-refractivity contribution >= 4 is 29.1 Å². The molecule has 1 aliphatic heterocycles. The molecule has 4 rings (SSSR count). The van der Waals surface area contributed by atoms with Gasteiger partial charge in [-0.1, -0.05) is 49.2 Å². The van der Waals surface area contributed by atoms with Crippen molar-refractivity contribution in [3.63, 3.8) is 0 Å². The predicted octanol–water partition coefficient (Wildman–Crippen LogP) is 3.88. The van der Waals surface area contributed by atoms with Crippen molar-refractivity contribution in [2.45, 2.75) is 45.1 Å². The zero-order valence-electron chi connectivity index (χ0n) is 17.2. The quantitative estimate of drug-likeness (QED) is 0.604. The van der Waals surface area contributed by atoms with E-state index in [9.17, 15) is 14.4 Å². The number of amides is 3. The fourth-order valence-electron chi connectivity index (χ4n) is 4.61. The maximum Gasteiger partial charge on any atom is 0.233 e. The highest BCUT2D eigenvalue weighted by atomic mass is 32.1. The fourth-order valence-corrected chi connectivity index (χ4v) is 5.33. The summed E-state index contributed by atoms with van der Waals surface area (Å²) in [5.74, 6) is -0.434. The molecule has 158 valence electrons. The van der Waals surface area contributed by atoms with E-state index in [0.717, 1.165) is 37.0 Å². The number of fused-ring (bicyclic) bond motifs is 1. The molecular formula is C24H28N2O3S. The van der Waals surface area contributed by atoms with Crippen LogP contribution in [-0.4, -0.2) is 40.6 Å². The van der Waals surface area contributed by atoms with Crippen molar-refractivity contribution in [2.75, 3.05) is 13.1 Å². The number of imide groups is 1. The summed E-state index contributed by atoms with van der Waals surface area (Å²) in [7, 11) is 0. The number of thiophene rings is 1. The third kappa shape index (κ3) is 4.64. The lowest BCUT2D eigenvalue weighted by Gasteiger charge is -2.24. The van der Waals surface area contributed by atoms with Crippen molar-refractivity contribution in [1.29, 1.82) is 0 Å². The molecular weight excluding hydrogens is 396 g/mol. The second-order valence-corrected chi connectivity index (χ2v) is 9.24. The largest absolute Gasteiger partial charge is 0.337 e. The molecule has 2 aromatic rings. The molecule has 1 saturated heterocycles. The van der Waals surface area contributed by atoms with Gasteiger partial charge in [0.05, 0.1) is 18.4 Å². The van der Waals surface area contributed by atoms with Crippen LogP contribution in [0.25, 0.3) is 0 Å². The molecule has 30 heavy (non-hydrogen) atoms. The minimum absolute atomic E-state index is 0.00481. The molecule has 3 amide bonds. The van der Waals surface area contributed by atoms with Crippen molar-refractivity contribution in [3.8, 4) is 0 Å². The Morgan fingerprint density at radius 3 is 2.33 bits per heavy atom. The second-order valence-electron chi connectivity index (χ2n) is 8.21. The summed E-state index contributed by atoms with van der Waals surface area (Å²) in [5.41, 5.74) is 1.19. The van der Waals surface area contributed by atoms with Crippen LogP contribution in [0.1, 0.15) is 42.5 Å². The third-order valence-electron chi connectivity index (χ3n) is 6.27. The predicted molar refractivity (Wildman–Crippen MR) is 117 cm³/mol. The highest BCUT2D eigenvalue weighted by Crippen LogP contribution is 2.38. The van der Waals surface area contributed by atoms with E-state index in [1.165, 1.54) is 10.5 Å². The molecule has 1 aromatic heterocycles. The summed E-state index contributed by atoms with van der Waals surface area (Å²) in [4.78, 5) is 42.8. The van der Waals surface area contributed by atoms with E-state index in [2.05, 4.69) is 12.1 Å². The van der Waals surface area contributed by atoms with Crippen LogP contribution in [0.3, 0.4) is 0 Å². The Morgan fingerprint density at radius 2 is 1.70 bits per heavy atom. The van der Waals surface area contributed by atoms with E-state index < -0.39 is 0 Å². The fraction of sp³-hybridized carbons (Fsp3) is 0.458. The highest BCUT2D eigenvalue weighted by Gasteiger charge is 2.47. The average molecular weight is 425 g/mol. The van der Waals surface area contributed by atoms with Gasteiger partial charge in [0.1, 0.15) is 0 Å². The van der Waals surface area contributed by atoms with Crippen molar-refractivity contribution in [3.05, 3.63) is 58.3 Å². The maximum atomic E-state index is 13.1. The minimum atomic E-state index is -0.151. The van der Waals surface area contributed by atoms with Crippen molar-refractivity contribution in [2.24, 2.45) is 11.8 Å². The van der Waals surface area contributed by atoms with E-state index >= 15 is 0 Å². The first-order chi connectivity index (χ1) is 14.6. The summed E-state index contributed by atoms with van der Waals surface area (Å²) >= 11 is 1.64. The van der Waals surface area contributed by atoms with E-state index in [1.54, 1.807) is 11.3 Å². The summed E-state index contributed by atoms with van der Waals surface area (Å²) in [6.45, 7) is 1.39. The summed E-state index contributed by atoms with van der Waals surface area (Å²) in [6.07, 6.45) is 4.62. The normalized spacial score (nSPS) is 21.0. The van der Waals surface area contributed by atoms with Gasteiger partial charge in [0, 0.05) is 24.4 Å². The lowest BCUT2D eigenvalue weighted by atomic mass is 9.81. The van der Waals surface area contributed by atoms with Gasteiger partial charge in [-0.05, 0) is 36.3 Å². The molecule has 1 aromatic carbocycles. The van der Waals surface area contributed by atoms with Gasteiger partial charge in [-0.15, -0.1) is 11.3 Å². The van der Waals surface area contributed by atoms with E-state index in [0.29, 0.717) is 13.1 Å². The third-order valence-corrected chi connectivity index (χ3v) is 7.14. The van der Waals surface area contributed by atoms with Crippen LogP contribution in [0.15, 0.2) is 47.8 Å². The highest BCUT2D eigenvalue weighted by molar-refractivity contribution is 7.09. The lowest BCUT2D eigenvalue weighted by Crippen LogP contribution is -2.38. The van der Waals surface area contributed by atoms with Crippen molar-refractivity contribution in [1.82, 2.24) is 9.80 Å². The first-order valence-electron chi connectivity index (χ1n) is 10.8. The standard InChI is InChI=1S/C24H28N2O3S/c27-22(13-15-26-23(28)20-10-4-5-11-21(20)24(26)29)25(17-19-9-6-16-30-19)14-12-18-7-2-1-3-8-18/h1-3,6-9,16,20-21H,4-5,10-15,17H2. The summed E-state index contributed by atoms with van der Waals surface area (Å²) < 4.78 is 0. The average Bonchev–Trinajstić information content (AvgIpc) is 3.37. The van der Waals surface area contributed by atoms with Gasteiger partial charge in [-0.25, -0.2) is 0 Å². The lowest BCUT2D eigenvalue weighted by molar-refractivity contribution is -0.141. The molecule has 2 atom stereocenters. The molecule has 2 aliphatic rings. The Balaban J connectivity index is 1.38. The molecule has 0 radical (unpaired) electrons. The number of rotatable bonds is 8. The Morgan fingerprint density at radius 1 is 1.00 bits per heavy atom. The van der Waals surface area contributed by atoms with Crippen molar-refractivity contribution < 1.29 is 14.4 Å². The number of hydrogen-bond donors (Lipinski definition) is 0. The molecule has 5 nitrogen and oxygen atoms in total. The molecule has 2 heterocycles. The van der Waals surface area contributed by atoms with E-state index in [-0.39, 0.29) is 42.5 Å². The summed E-state index contributed by atoms with van der Waals surface area (Å²) in [6, 6.07) is 14.2. The summed E-state index contributed by atoms with van der Waals surface area (Å²) in [5, 5.41) is 2.01. The number of benzene rings is 1. The van der Waals surface area contributed by atoms with Crippen LogP contribution >= 0.6 is 11.3 Å². The SMILES string of the molecule is O=C(CCN1C(=O)C2CCCCC2C1=O)N(CCc1ccccc1)Cc1cccs1. The van der Waals surface area contributed by atoms with Gasteiger partial charge >= 0.3 is 0 Å².